The minimum Gasteiger partial charge on any atom is -0.417 e. The van der Waals surface area contributed by atoms with Gasteiger partial charge in [-0.1, -0.05) is 60.7 Å². The molecule has 130 valence electrons. The zero-order valence-electron chi connectivity index (χ0n) is 13.7. The van der Waals surface area contributed by atoms with Gasteiger partial charge in [-0.2, -0.15) is 4.98 Å². The molecular weight excluding hydrogens is 332 g/mol. The Morgan fingerprint density at radius 1 is 1.08 bits per heavy atom. The molecule has 0 spiro atoms. The minimum atomic E-state index is -0.647. The fourth-order valence-electron chi connectivity index (χ4n) is 2.33. The maximum atomic E-state index is 12.9. The molecule has 0 fully saturated rings. The molecule has 0 amide bonds. The second kappa shape index (κ2) is 8.41. The molecule has 3 N–H and O–H groups in total. The van der Waals surface area contributed by atoms with E-state index in [1.807, 2.05) is 48.5 Å². The number of nitrogens with two attached hydrogens (primary N) is 1. The highest BCUT2D eigenvalue weighted by Crippen LogP contribution is 2.29. The molecule has 26 heavy (non-hydrogen) atoms. The van der Waals surface area contributed by atoms with Gasteiger partial charge in [0.25, 0.3) is 0 Å². The monoisotopic (exact) mass is 348 g/mol. The Labute approximate surface area is 149 Å². The summed E-state index contributed by atoms with van der Waals surface area (Å²) in [6.07, 6.45) is 3.87. The van der Waals surface area contributed by atoms with Gasteiger partial charge in [-0.3, -0.25) is 0 Å². The topological polar surface area (TPSA) is 103 Å². The molecular formula is C19H16N4O3. The van der Waals surface area contributed by atoms with Gasteiger partial charge in [0.2, 0.25) is 0 Å². The summed E-state index contributed by atoms with van der Waals surface area (Å²) in [5.74, 6) is 4.67. The summed E-state index contributed by atoms with van der Waals surface area (Å²) in [6, 6.07) is 18.3. The van der Waals surface area contributed by atoms with E-state index in [0.29, 0.717) is 11.3 Å². The third kappa shape index (κ3) is 4.03. The highest BCUT2D eigenvalue weighted by atomic mass is 16.6. The molecule has 7 heteroatoms. The molecule has 0 aliphatic carbocycles. The highest BCUT2D eigenvalue weighted by Gasteiger charge is 2.22. The van der Waals surface area contributed by atoms with Crippen LogP contribution < -0.4 is 16.0 Å². The number of oxazole rings is 1. The third-order valence-corrected chi connectivity index (χ3v) is 3.41. The van der Waals surface area contributed by atoms with Gasteiger partial charge < -0.3 is 14.6 Å². The van der Waals surface area contributed by atoms with Crippen molar-refractivity contribution in [3.63, 3.8) is 0 Å². The van der Waals surface area contributed by atoms with Crippen LogP contribution in [0.25, 0.3) is 11.3 Å². The summed E-state index contributed by atoms with van der Waals surface area (Å²) in [5, 5.41) is 0. The quantitative estimate of drug-likeness (QED) is 0.135. The Morgan fingerprint density at radius 2 is 1.73 bits per heavy atom. The number of aromatic nitrogens is 1. The lowest BCUT2D eigenvalue weighted by molar-refractivity contribution is -0.129. The largest absolute Gasteiger partial charge is 0.417 e. The predicted molar refractivity (Wildman–Crippen MR) is 97.7 cm³/mol. The summed E-state index contributed by atoms with van der Waals surface area (Å²) in [7, 11) is 0. The van der Waals surface area contributed by atoms with Gasteiger partial charge in [0, 0.05) is 5.56 Å². The van der Waals surface area contributed by atoms with Crippen LogP contribution in [0.3, 0.4) is 0 Å². The van der Waals surface area contributed by atoms with Crippen LogP contribution in [0.2, 0.25) is 0 Å². The molecule has 1 heterocycles. The summed E-state index contributed by atoms with van der Waals surface area (Å²) < 4.78 is 10.3. The second-order valence-corrected chi connectivity index (χ2v) is 5.07. The number of esters is 1. The van der Waals surface area contributed by atoms with Crippen molar-refractivity contribution >= 4 is 23.6 Å². The molecule has 0 unspecified atom stereocenters. The Bertz CT molecular complexity index is 904. The maximum absolute atomic E-state index is 12.9. The van der Waals surface area contributed by atoms with Crippen LogP contribution in [0.4, 0.5) is 0 Å². The number of ether oxygens (including phenoxy) is 1. The van der Waals surface area contributed by atoms with Crippen molar-refractivity contribution < 1.29 is 13.9 Å². The molecule has 0 aliphatic heterocycles. The standard InChI is InChI=1S/C19H16N4O3/c20-23-13-22-17(15-9-5-2-6-10-15)16(14-7-3-1-4-8-14)18(24)26-19-21-11-12-25-19/h1-13H,20H2,(H,22,23). The van der Waals surface area contributed by atoms with Gasteiger partial charge in [0.1, 0.15) is 12.6 Å². The fourth-order valence-corrected chi connectivity index (χ4v) is 2.33. The van der Waals surface area contributed by atoms with Gasteiger partial charge >= 0.3 is 12.0 Å². The Balaban J connectivity index is 2.16. The van der Waals surface area contributed by atoms with Crippen molar-refractivity contribution in [1.29, 1.82) is 0 Å². The lowest BCUT2D eigenvalue weighted by Crippen LogP contribution is -2.19. The van der Waals surface area contributed by atoms with Gasteiger partial charge in [0.05, 0.1) is 17.5 Å². The molecule has 3 aromatic rings. The number of aliphatic imine (C=N–C) groups is 1. The smallest absolute Gasteiger partial charge is 0.401 e. The first-order valence-electron chi connectivity index (χ1n) is 7.75. The van der Waals surface area contributed by atoms with E-state index in [0.717, 1.165) is 5.56 Å². The van der Waals surface area contributed by atoms with Crippen molar-refractivity contribution in [2.45, 2.75) is 0 Å². The van der Waals surface area contributed by atoms with Gasteiger partial charge in [0.15, 0.2) is 0 Å². The summed E-state index contributed by atoms with van der Waals surface area (Å²) in [6.45, 7) is 0. The highest BCUT2D eigenvalue weighted by molar-refractivity contribution is 6.25. The summed E-state index contributed by atoms with van der Waals surface area (Å²) in [4.78, 5) is 21.0. The van der Waals surface area contributed by atoms with Crippen LogP contribution in [0.1, 0.15) is 11.1 Å². The molecule has 3 rings (SSSR count). The van der Waals surface area contributed by atoms with Crippen molar-refractivity contribution in [3.05, 3.63) is 84.3 Å². The van der Waals surface area contributed by atoms with E-state index in [-0.39, 0.29) is 11.6 Å². The molecule has 0 atom stereocenters. The third-order valence-electron chi connectivity index (χ3n) is 3.41. The lowest BCUT2D eigenvalue weighted by Gasteiger charge is -2.11. The predicted octanol–water partition coefficient (Wildman–Crippen LogP) is 2.64. The summed E-state index contributed by atoms with van der Waals surface area (Å²) >= 11 is 0. The minimum absolute atomic E-state index is 0.142. The number of hydrogen-bond acceptors (Lipinski definition) is 6. The van der Waals surface area contributed by atoms with Crippen molar-refractivity contribution in [2.24, 2.45) is 10.8 Å². The van der Waals surface area contributed by atoms with Crippen LogP contribution in [0.5, 0.6) is 6.08 Å². The van der Waals surface area contributed by atoms with Gasteiger partial charge in [-0.15, -0.1) is 0 Å². The average molecular weight is 348 g/mol. The van der Waals surface area contributed by atoms with E-state index in [4.69, 9.17) is 15.0 Å². The van der Waals surface area contributed by atoms with E-state index < -0.39 is 5.97 Å². The number of rotatable bonds is 6. The second-order valence-electron chi connectivity index (χ2n) is 5.07. The molecule has 1 aromatic heterocycles. The van der Waals surface area contributed by atoms with Gasteiger partial charge in [-0.05, 0) is 5.56 Å². The Kier molecular flexibility index (Phi) is 5.54. The van der Waals surface area contributed by atoms with Crippen molar-refractivity contribution in [1.82, 2.24) is 10.4 Å². The first kappa shape index (κ1) is 17.1. The van der Waals surface area contributed by atoms with Crippen LogP contribution in [-0.4, -0.2) is 17.3 Å². The molecule has 7 nitrogen and oxygen atoms in total. The molecule has 0 radical (unpaired) electrons. The Morgan fingerprint density at radius 3 is 2.31 bits per heavy atom. The van der Waals surface area contributed by atoms with E-state index >= 15 is 0 Å². The lowest BCUT2D eigenvalue weighted by atomic mass is 9.99. The SMILES string of the molecule is NNC=NC(=C(C(=O)Oc1ncco1)c1ccccc1)c1ccccc1. The van der Waals surface area contributed by atoms with Crippen LogP contribution in [-0.2, 0) is 4.79 Å². The van der Waals surface area contributed by atoms with Crippen LogP contribution >= 0.6 is 0 Å². The maximum Gasteiger partial charge on any atom is 0.401 e. The van der Waals surface area contributed by atoms with Crippen molar-refractivity contribution in [2.75, 3.05) is 0 Å². The molecule has 0 saturated carbocycles. The van der Waals surface area contributed by atoms with E-state index in [2.05, 4.69) is 15.4 Å². The van der Waals surface area contributed by atoms with E-state index in [9.17, 15) is 4.79 Å². The molecule has 2 aromatic carbocycles. The van der Waals surface area contributed by atoms with E-state index in [1.54, 1.807) is 12.1 Å². The van der Waals surface area contributed by atoms with Crippen LogP contribution in [0, 0.1) is 0 Å². The zero-order chi connectivity index (χ0) is 18.2. The molecule has 0 saturated heterocycles. The normalized spacial score (nSPS) is 11.9. The zero-order valence-corrected chi connectivity index (χ0v) is 13.7. The van der Waals surface area contributed by atoms with Crippen molar-refractivity contribution in [3.8, 4) is 6.08 Å². The number of carbonyl (C=O) groups excluding carboxylic acids is 1. The number of benzene rings is 2. The van der Waals surface area contributed by atoms with Gasteiger partial charge in [-0.25, -0.2) is 15.6 Å². The first-order chi connectivity index (χ1) is 12.8. The fraction of sp³-hybridized carbons (Fsp3) is 0. The van der Waals surface area contributed by atoms with Crippen LogP contribution in [0.15, 0.2) is 82.5 Å². The average Bonchev–Trinajstić information content (AvgIpc) is 3.19. The first-order valence-corrected chi connectivity index (χ1v) is 7.75. The number of hydrogen-bond donors (Lipinski definition) is 2. The summed E-state index contributed by atoms with van der Waals surface area (Å²) in [5.41, 5.74) is 4.36. The van der Waals surface area contributed by atoms with E-state index in [1.165, 1.54) is 18.8 Å². The molecule has 0 aliphatic rings. The number of nitrogens with zero attached hydrogens (tertiary/aromatic N) is 2. The number of hydrazine groups is 1. The Hall–Kier alpha value is -3.71. The number of carbonyl (C=O) groups is 1. The molecule has 0 bridgehead atoms. The number of nitrogens with one attached hydrogen (secondary N) is 1.